The van der Waals surface area contributed by atoms with Crippen LogP contribution in [0.4, 0.5) is 5.69 Å². The van der Waals surface area contributed by atoms with Crippen LogP contribution in [0.5, 0.6) is 0 Å². The van der Waals surface area contributed by atoms with E-state index in [1.54, 1.807) is 0 Å². The van der Waals surface area contributed by atoms with Gasteiger partial charge in [0.15, 0.2) is 5.11 Å². The molecule has 0 aliphatic carbocycles. The second-order valence-electron chi connectivity index (χ2n) is 7.98. The number of piperidine rings is 2. The Morgan fingerprint density at radius 1 is 1.00 bits per heavy atom. The summed E-state index contributed by atoms with van der Waals surface area (Å²) in [7, 11) is 0. The first kappa shape index (κ1) is 18.5. The van der Waals surface area contributed by atoms with Crippen molar-refractivity contribution in [3.8, 4) is 0 Å². The summed E-state index contributed by atoms with van der Waals surface area (Å²) in [6, 6.07) is 21.0. The maximum atomic E-state index is 5.61. The number of aryl methyl sites for hydroxylation is 1. The summed E-state index contributed by atoms with van der Waals surface area (Å²) in [6.07, 6.45) is 6.33. The quantitative estimate of drug-likeness (QED) is 0.742. The third-order valence-electron chi connectivity index (χ3n) is 6.06. The van der Waals surface area contributed by atoms with Gasteiger partial charge in [0.25, 0.3) is 0 Å². The SMILES string of the molecule is Cc1ccccc1NC(=S)NC1C[C@H]2CCC[C@@H](C1)N2Cc1ccccc1. The molecule has 2 aromatic carbocycles. The lowest BCUT2D eigenvalue weighted by Crippen LogP contribution is -2.56. The molecule has 3 nitrogen and oxygen atoms in total. The molecule has 142 valence electrons. The molecule has 2 bridgehead atoms. The maximum absolute atomic E-state index is 5.61. The Balaban J connectivity index is 1.37. The van der Waals surface area contributed by atoms with Crippen molar-refractivity contribution < 1.29 is 0 Å². The third kappa shape index (κ3) is 4.50. The molecule has 4 heteroatoms. The smallest absolute Gasteiger partial charge is 0.171 e. The van der Waals surface area contributed by atoms with E-state index >= 15 is 0 Å². The van der Waals surface area contributed by atoms with Crippen molar-refractivity contribution >= 4 is 23.0 Å². The second-order valence-corrected chi connectivity index (χ2v) is 8.39. The zero-order chi connectivity index (χ0) is 18.6. The van der Waals surface area contributed by atoms with Crippen LogP contribution in [0.2, 0.25) is 0 Å². The molecule has 0 spiro atoms. The highest BCUT2D eigenvalue weighted by Gasteiger charge is 2.38. The van der Waals surface area contributed by atoms with Gasteiger partial charge in [-0.3, -0.25) is 4.90 Å². The summed E-state index contributed by atoms with van der Waals surface area (Å²) >= 11 is 5.61. The minimum absolute atomic E-state index is 0.469. The van der Waals surface area contributed by atoms with Crippen molar-refractivity contribution in [2.75, 3.05) is 5.32 Å². The van der Waals surface area contributed by atoms with E-state index in [4.69, 9.17) is 12.2 Å². The van der Waals surface area contributed by atoms with Gasteiger partial charge in [-0.2, -0.15) is 0 Å². The Bertz CT molecular complexity index is 762. The van der Waals surface area contributed by atoms with Gasteiger partial charge in [0.05, 0.1) is 0 Å². The van der Waals surface area contributed by atoms with E-state index < -0.39 is 0 Å². The number of hydrogen-bond donors (Lipinski definition) is 2. The van der Waals surface area contributed by atoms with E-state index in [2.05, 4.69) is 71.0 Å². The Morgan fingerprint density at radius 2 is 1.67 bits per heavy atom. The zero-order valence-corrected chi connectivity index (χ0v) is 16.8. The zero-order valence-electron chi connectivity index (χ0n) is 16.0. The minimum atomic E-state index is 0.469. The first-order valence-corrected chi connectivity index (χ1v) is 10.5. The highest BCUT2D eigenvalue weighted by Crippen LogP contribution is 2.35. The van der Waals surface area contributed by atoms with Crippen molar-refractivity contribution in [1.29, 1.82) is 0 Å². The Hall–Kier alpha value is -1.91. The van der Waals surface area contributed by atoms with Crippen LogP contribution >= 0.6 is 12.2 Å². The monoisotopic (exact) mass is 379 g/mol. The Kier molecular flexibility index (Phi) is 5.74. The van der Waals surface area contributed by atoms with Crippen molar-refractivity contribution in [1.82, 2.24) is 10.2 Å². The van der Waals surface area contributed by atoms with E-state index in [-0.39, 0.29) is 0 Å². The number of fused-ring (bicyclic) bond motifs is 2. The van der Waals surface area contributed by atoms with Gasteiger partial charge in [0.2, 0.25) is 0 Å². The maximum Gasteiger partial charge on any atom is 0.171 e. The van der Waals surface area contributed by atoms with Gasteiger partial charge in [-0.15, -0.1) is 0 Å². The Morgan fingerprint density at radius 3 is 2.37 bits per heavy atom. The fourth-order valence-corrected chi connectivity index (χ4v) is 4.98. The van der Waals surface area contributed by atoms with E-state index in [1.807, 2.05) is 6.07 Å². The molecule has 2 aliphatic heterocycles. The van der Waals surface area contributed by atoms with Gasteiger partial charge in [0, 0.05) is 30.4 Å². The molecular weight excluding hydrogens is 350 g/mol. The predicted octanol–water partition coefficient (Wildman–Crippen LogP) is 4.87. The molecule has 3 atom stereocenters. The van der Waals surface area contributed by atoms with Crippen LogP contribution in [0.3, 0.4) is 0 Å². The molecule has 0 radical (unpaired) electrons. The van der Waals surface area contributed by atoms with Crippen LogP contribution in [0.25, 0.3) is 0 Å². The van der Waals surface area contributed by atoms with Crippen molar-refractivity contribution in [2.45, 2.75) is 63.7 Å². The molecule has 2 heterocycles. The van der Waals surface area contributed by atoms with Gasteiger partial charge in [-0.05, 0) is 62.0 Å². The highest BCUT2D eigenvalue weighted by atomic mass is 32.1. The lowest BCUT2D eigenvalue weighted by Gasteiger charge is -2.49. The van der Waals surface area contributed by atoms with Crippen LogP contribution in [0.15, 0.2) is 54.6 Å². The fourth-order valence-electron chi connectivity index (χ4n) is 4.71. The fraction of sp³-hybridized carbons (Fsp3) is 0.435. The second kappa shape index (κ2) is 8.41. The first-order valence-electron chi connectivity index (χ1n) is 10.1. The molecule has 2 fully saturated rings. The Labute approximate surface area is 168 Å². The number of hydrogen-bond acceptors (Lipinski definition) is 2. The molecule has 1 unspecified atom stereocenters. The van der Waals surface area contributed by atoms with E-state index in [0.29, 0.717) is 18.1 Å². The van der Waals surface area contributed by atoms with Crippen molar-refractivity contribution in [3.05, 3.63) is 65.7 Å². The summed E-state index contributed by atoms with van der Waals surface area (Å²) in [5, 5.41) is 7.74. The lowest BCUT2D eigenvalue weighted by atomic mass is 9.81. The minimum Gasteiger partial charge on any atom is -0.360 e. The lowest BCUT2D eigenvalue weighted by molar-refractivity contribution is 0.0212. The van der Waals surface area contributed by atoms with Gasteiger partial charge >= 0.3 is 0 Å². The third-order valence-corrected chi connectivity index (χ3v) is 6.28. The molecule has 4 rings (SSSR count). The topological polar surface area (TPSA) is 27.3 Å². The number of anilines is 1. The summed E-state index contributed by atoms with van der Waals surface area (Å²) in [4.78, 5) is 2.74. The average molecular weight is 380 g/mol. The van der Waals surface area contributed by atoms with E-state index in [1.165, 1.54) is 43.2 Å². The number of benzene rings is 2. The normalized spacial score (nSPS) is 25.0. The number of nitrogens with one attached hydrogen (secondary N) is 2. The molecule has 2 N–H and O–H groups in total. The van der Waals surface area contributed by atoms with Crippen LogP contribution in [0, 0.1) is 6.92 Å². The summed E-state index contributed by atoms with van der Waals surface area (Å²) < 4.78 is 0. The molecular formula is C23H29N3S. The highest BCUT2D eigenvalue weighted by molar-refractivity contribution is 7.80. The molecule has 2 saturated heterocycles. The molecule has 0 amide bonds. The summed E-state index contributed by atoms with van der Waals surface area (Å²) in [5.74, 6) is 0. The van der Waals surface area contributed by atoms with Gasteiger partial charge in [0.1, 0.15) is 0 Å². The van der Waals surface area contributed by atoms with Gasteiger partial charge < -0.3 is 10.6 Å². The van der Waals surface area contributed by atoms with Crippen molar-refractivity contribution in [3.63, 3.8) is 0 Å². The number of thiocarbonyl (C=S) groups is 1. The van der Waals surface area contributed by atoms with Crippen molar-refractivity contribution in [2.24, 2.45) is 0 Å². The largest absolute Gasteiger partial charge is 0.360 e. The van der Waals surface area contributed by atoms with Gasteiger partial charge in [-0.1, -0.05) is 55.0 Å². The first-order chi connectivity index (χ1) is 13.2. The number of nitrogens with zero attached hydrogens (tertiary/aromatic N) is 1. The van der Waals surface area contributed by atoms with Crippen LogP contribution < -0.4 is 10.6 Å². The number of para-hydroxylation sites is 1. The number of rotatable bonds is 4. The van der Waals surface area contributed by atoms with E-state index in [9.17, 15) is 0 Å². The molecule has 2 aromatic rings. The predicted molar refractivity (Wildman–Crippen MR) is 117 cm³/mol. The van der Waals surface area contributed by atoms with Crippen LogP contribution in [-0.2, 0) is 6.54 Å². The van der Waals surface area contributed by atoms with Gasteiger partial charge in [-0.25, -0.2) is 0 Å². The standard InChI is InChI=1S/C23H29N3S/c1-17-8-5-6-13-22(17)25-23(27)24-19-14-20-11-7-12-21(15-19)26(20)16-18-9-3-2-4-10-18/h2-6,8-10,13,19-21H,7,11-12,14-16H2,1H3,(H2,24,25,27)/t19?,20-,21+. The molecule has 27 heavy (non-hydrogen) atoms. The molecule has 0 saturated carbocycles. The summed E-state index contributed by atoms with van der Waals surface area (Å²) in [6.45, 7) is 3.19. The van der Waals surface area contributed by atoms with Crippen LogP contribution in [0.1, 0.15) is 43.2 Å². The van der Waals surface area contributed by atoms with E-state index in [0.717, 1.165) is 17.3 Å². The molecule has 2 aliphatic rings. The molecule has 0 aromatic heterocycles. The average Bonchev–Trinajstić information content (AvgIpc) is 2.65. The van der Waals surface area contributed by atoms with Crippen LogP contribution in [-0.4, -0.2) is 28.1 Å². The summed E-state index contributed by atoms with van der Waals surface area (Å²) in [5.41, 5.74) is 3.74.